The minimum Gasteiger partial charge on any atom is -0.379 e. The zero-order chi connectivity index (χ0) is 17.3. The number of piperidine rings is 1. The van der Waals surface area contributed by atoms with Gasteiger partial charge in [0.15, 0.2) is 5.60 Å². The van der Waals surface area contributed by atoms with Gasteiger partial charge in [-0.3, -0.25) is 4.79 Å². The Hall–Kier alpha value is -1.70. The van der Waals surface area contributed by atoms with Gasteiger partial charge in [-0.1, -0.05) is 13.8 Å². The topological polar surface area (TPSA) is 66.3 Å². The van der Waals surface area contributed by atoms with Crippen LogP contribution in [0.3, 0.4) is 0 Å². The number of amides is 1. The fourth-order valence-electron chi connectivity index (χ4n) is 2.85. The fourth-order valence-corrected chi connectivity index (χ4v) is 2.85. The average molecular weight is 331 g/mol. The summed E-state index contributed by atoms with van der Waals surface area (Å²) in [5, 5.41) is 9.88. The monoisotopic (exact) mass is 331 g/mol. The van der Waals surface area contributed by atoms with Crippen molar-refractivity contribution in [3.63, 3.8) is 0 Å². The van der Waals surface area contributed by atoms with Crippen LogP contribution in [0.25, 0.3) is 0 Å². The van der Waals surface area contributed by atoms with E-state index in [9.17, 15) is 23.1 Å². The van der Waals surface area contributed by atoms with E-state index >= 15 is 0 Å². The summed E-state index contributed by atoms with van der Waals surface area (Å²) in [6, 6.07) is 0. The van der Waals surface area contributed by atoms with E-state index in [2.05, 4.69) is 9.97 Å². The van der Waals surface area contributed by atoms with Crippen molar-refractivity contribution in [2.75, 3.05) is 13.1 Å². The van der Waals surface area contributed by atoms with Crippen LogP contribution in [0.4, 0.5) is 13.2 Å². The molecule has 1 aliphatic heterocycles. The highest BCUT2D eigenvalue weighted by Crippen LogP contribution is 2.37. The van der Waals surface area contributed by atoms with E-state index in [1.165, 1.54) is 6.33 Å². The largest absolute Gasteiger partial charge is 0.418 e. The standard InChI is InChI=1S/C15H20F3N3O2/c1-3-10-12(11(4-2)20-9-19-10)13(22)21-7-5-6-14(23,8-21)15(16,17)18/h9,23H,3-8H2,1-2H3. The van der Waals surface area contributed by atoms with E-state index in [0.717, 1.165) is 4.90 Å². The van der Waals surface area contributed by atoms with E-state index in [1.807, 2.05) is 13.8 Å². The lowest BCUT2D eigenvalue weighted by Gasteiger charge is -2.40. The Morgan fingerprint density at radius 3 is 2.35 bits per heavy atom. The number of aromatic nitrogens is 2. The molecule has 0 saturated carbocycles. The van der Waals surface area contributed by atoms with Gasteiger partial charge in [-0.05, 0) is 25.7 Å². The van der Waals surface area contributed by atoms with Crippen LogP contribution < -0.4 is 0 Å². The van der Waals surface area contributed by atoms with Crippen LogP contribution in [-0.2, 0) is 12.8 Å². The summed E-state index contributed by atoms with van der Waals surface area (Å²) in [5.74, 6) is -0.540. The SMILES string of the molecule is CCc1ncnc(CC)c1C(=O)N1CCCC(O)(C(F)(F)F)C1. The molecule has 0 aliphatic carbocycles. The van der Waals surface area contributed by atoms with Crippen molar-refractivity contribution < 1.29 is 23.1 Å². The number of carbonyl (C=O) groups is 1. The lowest BCUT2D eigenvalue weighted by atomic mass is 9.91. The first-order valence-corrected chi connectivity index (χ1v) is 7.64. The van der Waals surface area contributed by atoms with Crippen LogP contribution in [0.2, 0.25) is 0 Å². The van der Waals surface area contributed by atoms with Crippen molar-refractivity contribution in [2.24, 2.45) is 0 Å². The number of aliphatic hydroxyl groups is 1. The van der Waals surface area contributed by atoms with Crippen molar-refractivity contribution in [3.05, 3.63) is 23.3 Å². The summed E-state index contributed by atoms with van der Waals surface area (Å²) in [6.07, 6.45) is -2.75. The van der Waals surface area contributed by atoms with Crippen molar-refractivity contribution in [2.45, 2.75) is 51.3 Å². The molecule has 1 fully saturated rings. The molecule has 1 aromatic heterocycles. The first-order chi connectivity index (χ1) is 10.7. The van der Waals surface area contributed by atoms with E-state index in [1.54, 1.807) is 0 Å². The number of hydrogen-bond acceptors (Lipinski definition) is 4. The molecule has 0 radical (unpaired) electrons. The molecule has 1 N–H and O–H groups in total. The third-order valence-electron chi connectivity index (χ3n) is 4.17. The lowest BCUT2D eigenvalue weighted by molar-refractivity contribution is -0.271. The van der Waals surface area contributed by atoms with Gasteiger partial charge in [0.25, 0.3) is 5.91 Å². The predicted molar refractivity (Wildman–Crippen MR) is 76.9 cm³/mol. The molecule has 0 spiro atoms. The van der Waals surface area contributed by atoms with Crippen LogP contribution in [0.5, 0.6) is 0 Å². The van der Waals surface area contributed by atoms with Crippen molar-refractivity contribution in [1.29, 1.82) is 0 Å². The number of nitrogens with zero attached hydrogens (tertiary/aromatic N) is 3. The van der Waals surface area contributed by atoms with Gasteiger partial charge in [0.05, 0.1) is 23.5 Å². The van der Waals surface area contributed by atoms with Crippen LogP contribution in [0.15, 0.2) is 6.33 Å². The second kappa shape index (κ2) is 6.43. The number of rotatable bonds is 3. The third kappa shape index (κ3) is 3.31. The third-order valence-corrected chi connectivity index (χ3v) is 4.17. The number of hydrogen-bond donors (Lipinski definition) is 1. The maximum Gasteiger partial charge on any atom is 0.418 e. The van der Waals surface area contributed by atoms with E-state index < -0.39 is 30.7 Å². The Morgan fingerprint density at radius 1 is 1.30 bits per heavy atom. The van der Waals surface area contributed by atoms with Gasteiger partial charge < -0.3 is 10.0 Å². The van der Waals surface area contributed by atoms with Gasteiger partial charge in [0.1, 0.15) is 6.33 Å². The Labute approximate surface area is 132 Å². The molecule has 128 valence electrons. The van der Waals surface area contributed by atoms with Crippen LogP contribution in [-0.4, -0.2) is 50.7 Å². The first kappa shape index (κ1) is 17.7. The smallest absolute Gasteiger partial charge is 0.379 e. The first-order valence-electron chi connectivity index (χ1n) is 7.64. The maximum atomic E-state index is 13.0. The van der Waals surface area contributed by atoms with E-state index in [4.69, 9.17) is 0 Å². The molecule has 2 heterocycles. The number of aryl methyl sites for hydroxylation is 2. The highest BCUT2D eigenvalue weighted by atomic mass is 19.4. The minimum absolute atomic E-state index is 0.0956. The summed E-state index contributed by atoms with van der Waals surface area (Å²) in [4.78, 5) is 21.9. The van der Waals surface area contributed by atoms with Gasteiger partial charge in [-0.2, -0.15) is 13.2 Å². The second-order valence-corrected chi connectivity index (χ2v) is 5.71. The van der Waals surface area contributed by atoms with Gasteiger partial charge >= 0.3 is 6.18 Å². The minimum atomic E-state index is -4.76. The maximum absolute atomic E-state index is 13.0. The Bertz CT molecular complexity index is 570. The highest BCUT2D eigenvalue weighted by Gasteiger charge is 2.56. The molecule has 1 unspecified atom stereocenters. The molecule has 5 nitrogen and oxygen atoms in total. The zero-order valence-electron chi connectivity index (χ0n) is 13.2. The van der Waals surface area contributed by atoms with Gasteiger partial charge in [-0.25, -0.2) is 9.97 Å². The Balaban J connectivity index is 2.34. The summed E-state index contributed by atoms with van der Waals surface area (Å²) >= 11 is 0. The molecular weight excluding hydrogens is 311 g/mol. The Morgan fingerprint density at radius 2 is 1.87 bits per heavy atom. The quantitative estimate of drug-likeness (QED) is 0.921. The van der Waals surface area contributed by atoms with Gasteiger partial charge in [0, 0.05) is 6.54 Å². The molecule has 1 atom stereocenters. The van der Waals surface area contributed by atoms with Crippen molar-refractivity contribution in [1.82, 2.24) is 14.9 Å². The number of β-amino-alcohol motifs (C(OH)–C–C–N with tert-alkyl or cyclic N) is 1. The molecule has 0 bridgehead atoms. The number of alkyl halides is 3. The van der Waals surface area contributed by atoms with Crippen molar-refractivity contribution in [3.8, 4) is 0 Å². The molecule has 1 aliphatic rings. The summed E-state index contributed by atoms with van der Waals surface area (Å²) in [6.45, 7) is 3.07. The normalized spacial score (nSPS) is 22.3. The zero-order valence-corrected chi connectivity index (χ0v) is 13.2. The molecule has 8 heteroatoms. The number of likely N-dealkylation sites (tertiary alicyclic amines) is 1. The molecule has 0 aromatic carbocycles. The second-order valence-electron chi connectivity index (χ2n) is 5.71. The molecule has 1 aromatic rings. The molecule has 1 amide bonds. The van der Waals surface area contributed by atoms with E-state index in [-0.39, 0.29) is 18.5 Å². The average Bonchev–Trinajstić information content (AvgIpc) is 2.52. The number of carbonyl (C=O) groups excluding carboxylic acids is 1. The van der Waals surface area contributed by atoms with Crippen LogP contribution >= 0.6 is 0 Å². The molecule has 2 rings (SSSR count). The Kier molecular flexibility index (Phi) is 4.93. The van der Waals surface area contributed by atoms with E-state index in [0.29, 0.717) is 24.2 Å². The molecular formula is C15H20F3N3O2. The van der Waals surface area contributed by atoms with Gasteiger partial charge in [0.2, 0.25) is 0 Å². The number of halogens is 3. The fraction of sp³-hybridized carbons (Fsp3) is 0.667. The summed E-state index contributed by atoms with van der Waals surface area (Å²) < 4.78 is 39.1. The molecule has 1 saturated heterocycles. The highest BCUT2D eigenvalue weighted by molar-refractivity contribution is 5.96. The summed E-state index contributed by atoms with van der Waals surface area (Å²) in [7, 11) is 0. The van der Waals surface area contributed by atoms with Crippen LogP contribution in [0, 0.1) is 0 Å². The van der Waals surface area contributed by atoms with Gasteiger partial charge in [-0.15, -0.1) is 0 Å². The van der Waals surface area contributed by atoms with Crippen molar-refractivity contribution >= 4 is 5.91 Å². The predicted octanol–water partition coefficient (Wildman–Crippen LogP) is 2.13. The van der Waals surface area contributed by atoms with Crippen LogP contribution in [0.1, 0.15) is 48.4 Å². The molecule has 23 heavy (non-hydrogen) atoms. The lowest BCUT2D eigenvalue weighted by Crippen LogP contribution is -2.58. The summed E-state index contributed by atoms with van der Waals surface area (Å²) in [5.41, 5.74) is -1.55.